The fourth-order valence-corrected chi connectivity index (χ4v) is 4.13. The first-order chi connectivity index (χ1) is 14.2. The van der Waals surface area contributed by atoms with Gasteiger partial charge in [-0.15, -0.1) is 0 Å². The van der Waals surface area contributed by atoms with Gasteiger partial charge in [0, 0.05) is 11.8 Å². The molecule has 4 heteroatoms. The lowest BCUT2D eigenvalue weighted by Crippen LogP contribution is -2.14. The maximum Gasteiger partial charge on any atom is 0.111 e. The lowest BCUT2D eigenvalue weighted by atomic mass is 9.86. The molecule has 0 fully saturated rings. The number of fused-ring (bicyclic) bond motifs is 2. The van der Waals surface area contributed by atoms with Crippen molar-refractivity contribution < 1.29 is 0 Å². The van der Waals surface area contributed by atoms with Gasteiger partial charge in [-0.05, 0) is 43.2 Å². The monoisotopic (exact) mass is 380 g/mol. The van der Waals surface area contributed by atoms with E-state index in [1.807, 2.05) is 24.3 Å². The molecule has 0 saturated carbocycles. The van der Waals surface area contributed by atoms with Crippen LogP contribution in [0.1, 0.15) is 41.5 Å². The summed E-state index contributed by atoms with van der Waals surface area (Å²) in [5, 5.41) is 0. The molecule has 0 aliphatic rings. The van der Waals surface area contributed by atoms with Crippen molar-refractivity contribution in [1.82, 2.24) is 19.9 Å². The molecule has 0 radical (unpaired) electrons. The molecule has 2 atom stereocenters. The maximum absolute atomic E-state index is 4.93. The Morgan fingerprint density at radius 3 is 2.03 bits per heavy atom. The molecule has 5 rings (SSSR count). The van der Waals surface area contributed by atoms with E-state index >= 15 is 0 Å². The number of hydrogen-bond acceptors (Lipinski definition) is 2. The maximum atomic E-state index is 4.93. The Morgan fingerprint density at radius 2 is 1.38 bits per heavy atom. The van der Waals surface area contributed by atoms with Crippen molar-refractivity contribution in [1.29, 1.82) is 0 Å². The zero-order valence-electron chi connectivity index (χ0n) is 16.7. The van der Waals surface area contributed by atoms with Gasteiger partial charge in [0.1, 0.15) is 11.6 Å². The van der Waals surface area contributed by atoms with Crippen LogP contribution in [0.4, 0.5) is 0 Å². The predicted octanol–water partition coefficient (Wildman–Crippen LogP) is 5.88. The van der Waals surface area contributed by atoms with E-state index in [9.17, 15) is 0 Å². The van der Waals surface area contributed by atoms with Crippen molar-refractivity contribution in [3.8, 4) is 0 Å². The molecule has 0 spiro atoms. The second-order valence-corrected chi connectivity index (χ2v) is 7.87. The van der Waals surface area contributed by atoms with Crippen LogP contribution in [-0.4, -0.2) is 19.9 Å². The topological polar surface area (TPSA) is 57.4 Å². The number of imidazole rings is 2. The van der Waals surface area contributed by atoms with Gasteiger partial charge < -0.3 is 9.97 Å². The Kier molecular flexibility index (Phi) is 4.39. The van der Waals surface area contributed by atoms with Gasteiger partial charge in [0.2, 0.25) is 0 Å². The highest BCUT2D eigenvalue weighted by atomic mass is 15.0. The zero-order chi connectivity index (χ0) is 19.8. The average molecular weight is 380 g/mol. The van der Waals surface area contributed by atoms with E-state index in [4.69, 9.17) is 9.97 Å². The van der Waals surface area contributed by atoms with Crippen LogP contribution >= 0.6 is 0 Å². The van der Waals surface area contributed by atoms with Crippen LogP contribution in [-0.2, 0) is 6.42 Å². The molecule has 144 valence electrons. The van der Waals surface area contributed by atoms with E-state index in [1.54, 1.807) is 0 Å². The SMILES string of the molecule is Cc1cccc(C[C@H](c2nc3ccccc3[nH]2)[C@H](C)c2nc3ccccc3[nH]2)c1. The first-order valence-electron chi connectivity index (χ1n) is 10.1. The number of nitrogens with zero attached hydrogens (tertiary/aromatic N) is 2. The molecule has 5 aromatic rings. The molecule has 0 saturated heterocycles. The van der Waals surface area contributed by atoms with Crippen molar-refractivity contribution in [2.24, 2.45) is 0 Å². The molecule has 0 bridgehead atoms. The van der Waals surface area contributed by atoms with E-state index in [0.29, 0.717) is 0 Å². The summed E-state index contributed by atoms with van der Waals surface area (Å²) in [6.07, 6.45) is 0.902. The molecular weight excluding hydrogens is 356 g/mol. The van der Waals surface area contributed by atoms with Crippen molar-refractivity contribution >= 4 is 22.1 Å². The van der Waals surface area contributed by atoms with Crippen molar-refractivity contribution in [2.45, 2.75) is 32.1 Å². The summed E-state index contributed by atoms with van der Waals surface area (Å²) in [7, 11) is 0. The first kappa shape index (κ1) is 17.7. The van der Waals surface area contributed by atoms with Crippen molar-refractivity contribution in [2.75, 3.05) is 0 Å². The lowest BCUT2D eigenvalue weighted by Gasteiger charge is -2.21. The van der Waals surface area contributed by atoms with Gasteiger partial charge in [0.25, 0.3) is 0 Å². The van der Waals surface area contributed by atoms with Gasteiger partial charge >= 0.3 is 0 Å². The van der Waals surface area contributed by atoms with E-state index in [-0.39, 0.29) is 11.8 Å². The number of rotatable bonds is 5. The molecule has 3 aromatic carbocycles. The summed E-state index contributed by atoms with van der Waals surface area (Å²) in [5.74, 6) is 2.39. The Labute approximate surface area is 170 Å². The van der Waals surface area contributed by atoms with Gasteiger partial charge in [-0.25, -0.2) is 9.97 Å². The summed E-state index contributed by atoms with van der Waals surface area (Å²) in [4.78, 5) is 16.9. The molecule has 2 heterocycles. The largest absolute Gasteiger partial charge is 0.342 e. The van der Waals surface area contributed by atoms with E-state index in [0.717, 1.165) is 40.1 Å². The Bertz CT molecular complexity index is 1210. The third-order valence-electron chi connectivity index (χ3n) is 5.74. The molecule has 29 heavy (non-hydrogen) atoms. The van der Waals surface area contributed by atoms with Gasteiger partial charge in [0.15, 0.2) is 0 Å². The first-order valence-corrected chi connectivity index (χ1v) is 10.1. The minimum atomic E-state index is 0.184. The molecule has 0 aliphatic heterocycles. The van der Waals surface area contributed by atoms with Crippen molar-refractivity contribution in [3.05, 3.63) is 95.6 Å². The minimum absolute atomic E-state index is 0.184. The summed E-state index contributed by atoms with van der Waals surface area (Å²) < 4.78 is 0. The smallest absolute Gasteiger partial charge is 0.111 e. The summed E-state index contributed by atoms with van der Waals surface area (Å²) in [6, 6.07) is 25.2. The Balaban J connectivity index is 1.58. The van der Waals surface area contributed by atoms with E-state index < -0.39 is 0 Å². The predicted molar refractivity (Wildman–Crippen MR) is 118 cm³/mol. The quantitative estimate of drug-likeness (QED) is 0.400. The second kappa shape index (κ2) is 7.21. The van der Waals surface area contributed by atoms with Gasteiger partial charge in [-0.3, -0.25) is 0 Å². The third-order valence-corrected chi connectivity index (χ3v) is 5.74. The normalized spacial score (nSPS) is 13.7. The van der Waals surface area contributed by atoms with Crippen LogP contribution in [0.15, 0.2) is 72.8 Å². The highest BCUT2D eigenvalue weighted by Gasteiger charge is 2.27. The van der Waals surface area contributed by atoms with Gasteiger partial charge in [-0.1, -0.05) is 61.0 Å². The van der Waals surface area contributed by atoms with Crippen LogP contribution in [0.25, 0.3) is 22.1 Å². The average Bonchev–Trinajstić information content (AvgIpc) is 3.35. The van der Waals surface area contributed by atoms with Crippen LogP contribution in [0.2, 0.25) is 0 Å². The molecule has 0 aliphatic carbocycles. The summed E-state index contributed by atoms with van der Waals surface area (Å²) in [5.41, 5.74) is 6.77. The minimum Gasteiger partial charge on any atom is -0.342 e. The fourth-order valence-electron chi connectivity index (χ4n) is 4.13. The van der Waals surface area contributed by atoms with Gasteiger partial charge in [-0.2, -0.15) is 0 Å². The number of nitrogens with one attached hydrogen (secondary N) is 2. The number of H-pyrrole nitrogens is 2. The Hall–Kier alpha value is -3.40. The summed E-state index contributed by atoms with van der Waals surface area (Å²) in [6.45, 7) is 4.38. The highest BCUT2D eigenvalue weighted by Crippen LogP contribution is 2.35. The van der Waals surface area contributed by atoms with Gasteiger partial charge in [0.05, 0.1) is 22.1 Å². The fraction of sp³-hybridized carbons (Fsp3) is 0.200. The van der Waals surface area contributed by atoms with Crippen molar-refractivity contribution in [3.63, 3.8) is 0 Å². The number of hydrogen-bond donors (Lipinski definition) is 2. The molecule has 2 aromatic heterocycles. The standard InChI is InChI=1S/C25H24N4/c1-16-8-7-9-18(14-16)15-19(25-28-22-12-5-6-13-23(22)29-25)17(2)24-26-20-10-3-4-11-21(20)27-24/h3-14,17,19H,15H2,1-2H3,(H,26,27)(H,28,29)/t17-,19-/m0/s1. The number of aromatic amines is 2. The molecular formula is C25H24N4. The molecule has 2 N–H and O–H groups in total. The summed E-state index contributed by atoms with van der Waals surface area (Å²) >= 11 is 0. The number of para-hydroxylation sites is 4. The van der Waals surface area contributed by atoms with E-state index in [2.05, 4.69) is 72.3 Å². The van der Waals surface area contributed by atoms with Crippen LogP contribution in [0.5, 0.6) is 0 Å². The number of aryl methyl sites for hydroxylation is 1. The number of benzene rings is 3. The van der Waals surface area contributed by atoms with Crippen LogP contribution in [0, 0.1) is 6.92 Å². The Morgan fingerprint density at radius 1 is 0.759 bits per heavy atom. The number of aromatic nitrogens is 4. The van der Waals surface area contributed by atoms with Crippen LogP contribution < -0.4 is 0 Å². The molecule has 4 nitrogen and oxygen atoms in total. The second-order valence-electron chi connectivity index (χ2n) is 7.87. The van der Waals surface area contributed by atoms with E-state index in [1.165, 1.54) is 11.1 Å². The van der Waals surface area contributed by atoms with Crippen LogP contribution in [0.3, 0.4) is 0 Å². The molecule has 0 amide bonds. The zero-order valence-corrected chi connectivity index (χ0v) is 16.7. The third kappa shape index (κ3) is 3.42. The highest BCUT2D eigenvalue weighted by molar-refractivity contribution is 5.75. The molecule has 0 unspecified atom stereocenters. The lowest BCUT2D eigenvalue weighted by molar-refractivity contribution is 0.530.